The third-order valence-electron chi connectivity index (χ3n) is 5.08. The predicted octanol–water partition coefficient (Wildman–Crippen LogP) is 4.77. The molecule has 1 aromatic heterocycles. The first-order valence-electron chi connectivity index (χ1n) is 9.08. The molecule has 4 rings (SSSR count). The van der Waals surface area contributed by atoms with E-state index in [1.807, 2.05) is 0 Å². The van der Waals surface area contributed by atoms with Crippen LogP contribution in [-0.2, 0) is 12.6 Å². The number of H-pyrrole nitrogens is 1. The molecule has 1 atom stereocenters. The minimum absolute atomic E-state index is 0.0271. The summed E-state index contributed by atoms with van der Waals surface area (Å²) in [5.41, 5.74) is 0.642. The molecule has 1 aliphatic carbocycles. The lowest BCUT2D eigenvalue weighted by molar-refractivity contribution is -0.137. The van der Waals surface area contributed by atoms with Crippen molar-refractivity contribution in [1.82, 2.24) is 4.98 Å². The van der Waals surface area contributed by atoms with E-state index in [1.165, 1.54) is 6.92 Å². The number of nitrogens with one attached hydrogen (secondary N) is 1. The van der Waals surface area contributed by atoms with Crippen LogP contribution in [-0.4, -0.2) is 15.9 Å². The molecule has 0 saturated carbocycles. The van der Waals surface area contributed by atoms with Crippen molar-refractivity contribution >= 4 is 5.78 Å². The lowest BCUT2D eigenvalue weighted by Crippen LogP contribution is -2.07. The Morgan fingerprint density at radius 1 is 1.23 bits per heavy atom. The van der Waals surface area contributed by atoms with Crippen LogP contribution in [0.15, 0.2) is 45.6 Å². The zero-order valence-corrected chi connectivity index (χ0v) is 15.7. The van der Waals surface area contributed by atoms with E-state index in [-0.39, 0.29) is 28.9 Å². The molecular weight excluding hydrogens is 403 g/mol. The number of aryl methyl sites for hydroxylation is 1. The molecule has 1 heterocycles. The van der Waals surface area contributed by atoms with Crippen LogP contribution >= 0.6 is 0 Å². The van der Waals surface area contributed by atoms with E-state index in [4.69, 9.17) is 9.15 Å². The van der Waals surface area contributed by atoms with Gasteiger partial charge in [-0.15, -0.1) is 0 Å². The normalized spacial score (nSPS) is 15.8. The Balaban J connectivity index is 1.64. The average Bonchev–Trinajstić information content (AvgIpc) is 3.22. The van der Waals surface area contributed by atoms with Gasteiger partial charge in [-0.2, -0.15) is 13.2 Å². The van der Waals surface area contributed by atoms with Gasteiger partial charge >= 0.3 is 11.9 Å². The highest BCUT2D eigenvalue weighted by Gasteiger charge is 2.32. The van der Waals surface area contributed by atoms with E-state index < -0.39 is 23.3 Å². The molecule has 0 aliphatic heterocycles. The molecule has 0 amide bonds. The number of Topliss-reactive ketones (excluding diaryl/α,β-unsaturated/α-hetero) is 1. The van der Waals surface area contributed by atoms with Crippen molar-refractivity contribution in [2.24, 2.45) is 0 Å². The summed E-state index contributed by atoms with van der Waals surface area (Å²) in [4.78, 5) is 25.3. The van der Waals surface area contributed by atoms with Crippen LogP contribution in [0, 0.1) is 0 Å². The summed E-state index contributed by atoms with van der Waals surface area (Å²) >= 11 is 0. The number of ketones is 1. The van der Waals surface area contributed by atoms with Crippen molar-refractivity contribution in [3.05, 3.63) is 75.0 Å². The molecule has 3 aromatic rings. The number of aromatic hydroxyl groups is 1. The summed E-state index contributed by atoms with van der Waals surface area (Å²) in [5, 5.41) is 9.84. The van der Waals surface area contributed by atoms with Gasteiger partial charge < -0.3 is 14.3 Å². The monoisotopic (exact) mass is 419 g/mol. The first-order valence-corrected chi connectivity index (χ1v) is 9.08. The lowest BCUT2D eigenvalue weighted by atomic mass is 9.99. The smallest absolute Gasteiger partial charge is 0.419 e. The van der Waals surface area contributed by atoms with Crippen LogP contribution in [0.3, 0.4) is 0 Å². The van der Waals surface area contributed by atoms with Crippen LogP contribution in [0.2, 0.25) is 0 Å². The van der Waals surface area contributed by atoms with Gasteiger partial charge in [-0.3, -0.25) is 9.78 Å². The van der Waals surface area contributed by atoms with Crippen LogP contribution in [0.4, 0.5) is 13.2 Å². The van der Waals surface area contributed by atoms with Crippen molar-refractivity contribution in [2.75, 3.05) is 0 Å². The molecule has 0 bridgehead atoms. The second-order valence-electron chi connectivity index (χ2n) is 7.05. The molecule has 1 aliphatic rings. The third-order valence-corrected chi connectivity index (χ3v) is 5.08. The van der Waals surface area contributed by atoms with Crippen LogP contribution < -0.4 is 10.5 Å². The van der Waals surface area contributed by atoms with Crippen LogP contribution in [0.1, 0.15) is 52.1 Å². The SMILES string of the molecule is CC(=O)c1cc(C(F)(F)F)ccc1Oc1ccc2c(c1)CC[C@H]2c1oc(=O)[nH]c1O. The predicted molar refractivity (Wildman–Crippen MR) is 99.1 cm³/mol. The average molecular weight is 419 g/mol. The fraction of sp³-hybridized carbons (Fsp3) is 0.238. The van der Waals surface area contributed by atoms with Crippen LogP contribution in [0.25, 0.3) is 0 Å². The highest BCUT2D eigenvalue weighted by molar-refractivity contribution is 5.97. The largest absolute Gasteiger partial charge is 0.492 e. The van der Waals surface area contributed by atoms with E-state index in [0.717, 1.165) is 29.3 Å². The number of fused-ring (bicyclic) bond motifs is 1. The number of oxazole rings is 1. The van der Waals surface area contributed by atoms with Gasteiger partial charge in [0.2, 0.25) is 5.88 Å². The lowest BCUT2D eigenvalue weighted by Gasteiger charge is -2.14. The Bertz CT molecular complexity index is 1190. The molecular formula is C21H16F3NO5. The van der Waals surface area contributed by atoms with Gasteiger partial charge in [-0.25, -0.2) is 4.79 Å². The third kappa shape index (κ3) is 3.58. The Morgan fingerprint density at radius 3 is 2.63 bits per heavy atom. The van der Waals surface area contributed by atoms with Gasteiger partial charge in [0, 0.05) is 5.92 Å². The standard InChI is InChI=1S/C21H16F3NO5/c1-10(26)16-9-12(21(22,23)24)3-7-17(16)29-13-4-6-14-11(8-13)2-5-15(14)18-19(27)25-20(28)30-18/h3-4,6-9,15,27H,2,5H2,1H3,(H,25,28)/t15-/m1/s1. The van der Waals surface area contributed by atoms with Crippen molar-refractivity contribution in [3.8, 4) is 17.4 Å². The van der Waals surface area contributed by atoms with Crippen molar-refractivity contribution in [3.63, 3.8) is 0 Å². The maximum atomic E-state index is 12.9. The maximum absolute atomic E-state index is 12.9. The summed E-state index contributed by atoms with van der Waals surface area (Å²) in [5.74, 6) is -1.35. The highest BCUT2D eigenvalue weighted by atomic mass is 19.4. The molecule has 0 fully saturated rings. The fourth-order valence-electron chi connectivity index (χ4n) is 3.70. The number of carbonyl (C=O) groups is 1. The van der Waals surface area contributed by atoms with E-state index in [1.54, 1.807) is 18.2 Å². The number of halogens is 3. The number of aromatic nitrogens is 1. The Kier molecular flexibility index (Phi) is 4.68. The van der Waals surface area contributed by atoms with Gasteiger partial charge in [-0.05, 0) is 61.2 Å². The molecule has 30 heavy (non-hydrogen) atoms. The quantitative estimate of drug-likeness (QED) is 0.595. The number of aromatic amines is 1. The molecule has 9 heteroatoms. The van der Waals surface area contributed by atoms with Gasteiger partial charge in [0.05, 0.1) is 11.1 Å². The van der Waals surface area contributed by atoms with Gasteiger partial charge in [-0.1, -0.05) is 6.07 Å². The summed E-state index contributed by atoms with van der Waals surface area (Å²) in [6, 6.07) is 7.84. The highest BCUT2D eigenvalue weighted by Crippen LogP contribution is 2.42. The first kappa shape index (κ1) is 19.8. The number of alkyl halides is 3. The molecule has 0 saturated heterocycles. The Labute approximate surface area is 167 Å². The van der Waals surface area contributed by atoms with E-state index in [2.05, 4.69) is 4.98 Å². The summed E-state index contributed by atoms with van der Waals surface area (Å²) < 4.78 is 49.6. The van der Waals surface area contributed by atoms with E-state index in [0.29, 0.717) is 18.6 Å². The summed E-state index contributed by atoms with van der Waals surface area (Å²) in [6.07, 6.45) is -3.34. The Morgan fingerprint density at radius 2 is 2.00 bits per heavy atom. The van der Waals surface area contributed by atoms with Gasteiger partial charge in [0.25, 0.3) is 0 Å². The first-order chi connectivity index (χ1) is 14.1. The Hall–Kier alpha value is -3.49. The van der Waals surface area contributed by atoms with Gasteiger partial charge in [0.15, 0.2) is 11.5 Å². The zero-order chi connectivity index (χ0) is 21.6. The topological polar surface area (TPSA) is 92.5 Å². The fourth-order valence-corrected chi connectivity index (χ4v) is 3.70. The molecule has 0 unspecified atom stereocenters. The van der Waals surface area contributed by atoms with E-state index in [9.17, 15) is 27.9 Å². The number of carbonyl (C=O) groups excluding carboxylic acids is 1. The van der Waals surface area contributed by atoms with Crippen molar-refractivity contribution in [2.45, 2.75) is 31.9 Å². The zero-order valence-electron chi connectivity index (χ0n) is 15.7. The summed E-state index contributed by atoms with van der Waals surface area (Å²) in [7, 11) is 0. The molecule has 2 aromatic carbocycles. The number of ether oxygens (including phenoxy) is 1. The molecule has 156 valence electrons. The number of hydrogen-bond donors (Lipinski definition) is 2. The molecule has 2 N–H and O–H groups in total. The number of hydrogen-bond acceptors (Lipinski definition) is 5. The van der Waals surface area contributed by atoms with E-state index >= 15 is 0 Å². The number of rotatable bonds is 4. The molecule has 6 nitrogen and oxygen atoms in total. The minimum Gasteiger partial charge on any atom is -0.492 e. The van der Waals surface area contributed by atoms with Crippen LogP contribution in [0.5, 0.6) is 17.4 Å². The van der Waals surface area contributed by atoms with Crippen molar-refractivity contribution in [1.29, 1.82) is 0 Å². The second kappa shape index (κ2) is 7.08. The second-order valence-corrected chi connectivity index (χ2v) is 7.05. The number of benzene rings is 2. The maximum Gasteiger partial charge on any atom is 0.419 e. The van der Waals surface area contributed by atoms with Crippen molar-refractivity contribution < 1.29 is 32.2 Å². The minimum atomic E-state index is -4.57. The van der Waals surface area contributed by atoms with Gasteiger partial charge in [0.1, 0.15) is 11.5 Å². The molecule has 0 radical (unpaired) electrons. The molecule has 0 spiro atoms. The summed E-state index contributed by atoms with van der Waals surface area (Å²) in [6.45, 7) is 1.17.